The van der Waals surface area contributed by atoms with E-state index in [0.29, 0.717) is 29.6 Å². The number of nitrogens with zero attached hydrogens (tertiary/aromatic N) is 2. The number of carbonyl (C=O) groups excluding carboxylic acids is 2. The molecule has 3 atom stereocenters. The summed E-state index contributed by atoms with van der Waals surface area (Å²) in [6, 6.07) is 18.9. The van der Waals surface area contributed by atoms with E-state index >= 15 is 0 Å². The number of rotatable bonds is 7. The number of hydrogen-bond acceptors (Lipinski definition) is 5. The number of methoxy groups -OCH3 is 1. The second-order valence-corrected chi connectivity index (χ2v) is 10.1. The molecule has 0 aliphatic carbocycles. The molecule has 1 saturated heterocycles. The summed E-state index contributed by atoms with van der Waals surface area (Å²) in [5.74, 6) is 0.0392. The van der Waals surface area contributed by atoms with E-state index < -0.39 is 5.92 Å². The number of thiophene rings is 1. The lowest BCUT2D eigenvalue weighted by atomic mass is 9.81. The Labute approximate surface area is 210 Å². The van der Waals surface area contributed by atoms with Gasteiger partial charge in [-0.25, -0.2) is 0 Å². The van der Waals surface area contributed by atoms with Crippen molar-refractivity contribution in [3.05, 3.63) is 82.0 Å². The quantitative estimate of drug-likeness (QED) is 0.498. The monoisotopic (exact) mass is 489 g/mol. The van der Waals surface area contributed by atoms with E-state index in [1.807, 2.05) is 70.9 Å². The van der Waals surface area contributed by atoms with Crippen molar-refractivity contribution in [1.82, 2.24) is 9.80 Å². The van der Waals surface area contributed by atoms with Crippen LogP contribution in [0.2, 0.25) is 0 Å². The van der Waals surface area contributed by atoms with Crippen molar-refractivity contribution >= 4 is 28.8 Å². The third kappa shape index (κ3) is 4.58. The van der Waals surface area contributed by atoms with Gasteiger partial charge in [0, 0.05) is 34.8 Å². The van der Waals surface area contributed by atoms with Gasteiger partial charge in [0.1, 0.15) is 5.75 Å². The number of carbonyl (C=O) groups is 2. The Morgan fingerprint density at radius 1 is 1.14 bits per heavy atom. The van der Waals surface area contributed by atoms with Crippen LogP contribution in [-0.2, 0) is 4.79 Å². The highest BCUT2D eigenvalue weighted by Crippen LogP contribution is 2.45. The van der Waals surface area contributed by atoms with Crippen molar-refractivity contribution in [1.29, 1.82) is 0 Å². The normalized spacial score (nSPS) is 22.2. The maximum Gasteiger partial charge on any atom is 0.254 e. The highest BCUT2D eigenvalue weighted by molar-refractivity contribution is 7.10. The molecule has 5 rings (SSSR count). The van der Waals surface area contributed by atoms with Crippen LogP contribution < -0.4 is 10.1 Å². The predicted molar refractivity (Wildman–Crippen MR) is 139 cm³/mol. The average molecular weight is 490 g/mol. The SMILES string of the molecule is CCN1CCC[C@H]1CN1C(=O)c2ccccc2C(C(=O)Nc2cccc(OC)c2)C1c1cccs1. The lowest BCUT2D eigenvalue weighted by molar-refractivity contribution is -0.119. The lowest BCUT2D eigenvalue weighted by Gasteiger charge is -2.43. The molecular formula is C28H31N3O3S. The minimum absolute atomic E-state index is 0.00684. The second kappa shape index (κ2) is 10.2. The Morgan fingerprint density at radius 2 is 2.00 bits per heavy atom. The molecule has 35 heavy (non-hydrogen) atoms. The molecule has 2 aliphatic heterocycles. The zero-order valence-corrected chi connectivity index (χ0v) is 21.0. The van der Waals surface area contributed by atoms with Gasteiger partial charge in [-0.05, 0) is 61.1 Å². The summed E-state index contributed by atoms with van der Waals surface area (Å²) < 4.78 is 5.34. The van der Waals surface area contributed by atoms with Crippen molar-refractivity contribution < 1.29 is 14.3 Å². The van der Waals surface area contributed by atoms with Crippen LogP contribution in [0.4, 0.5) is 5.69 Å². The van der Waals surface area contributed by atoms with E-state index in [1.54, 1.807) is 18.4 Å². The molecule has 182 valence electrons. The molecule has 2 unspecified atom stereocenters. The van der Waals surface area contributed by atoms with E-state index in [2.05, 4.69) is 17.1 Å². The summed E-state index contributed by atoms with van der Waals surface area (Å²) in [7, 11) is 1.61. The molecule has 3 heterocycles. The molecular weight excluding hydrogens is 458 g/mol. The number of anilines is 1. The first-order chi connectivity index (χ1) is 17.1. The lowest BCUT2D eigenvalue weighted by Crippen LogP contribution is -2.50. The molecule has 2 amide bonds. The summed E-state index contributed by atoms with van der Waals surface area (Å²) in [6.07, 6.45) is 2.21. The van der Waals surface area contributed by atoms with Gasteiger partial charge < -0.3 is 15.0 Å². The number of likely N-dealkylation sites (N-methyl/N-ethyl adjacent to an activating group) is 1. The molecule has 3 aromatic rings. The average Bonchev–Trinajstić information content (AvgIpc) is 3.57. The maximum atomic E-state index is 13.9. The number of hydrogen-bond donors (Lipinski definition) is 1. The molecule has 1 N–H and O–H groups in total. The largest absolute Gasteiger partial charge is 0.497 e. The van der Waals surface area contributed by atoms with E-state index in [1.165, 1.54) is 0 Å². The third-order valence-corrected chi connectivity index (χ3v) is 8.15. The van der Waals surface area contributed by atoms with E-state index in [4.69, 9.17) is 4.74 Å². The fourth-order valence-electron chi connectivity index (χ4n) is 5.52. The van der Waals surface area contributed by atoms with Gasteiger partial charge in [-0.1, -0.05) is 37.3 Å². The molecule has 2 aliphatic rings. The first-order valence-electron chi connectivity index (χ1n) is 12.2. The van der Waals surface area contributed by atoms with Crippen LogP contribution in [0.25, 0.3) is 0 Å². The van der Waals surface area contributed by atoms with Crippen molar-refractivity contribution in [2.24, 2.45) is 0 Å². The number of nitrogens with one attached hydrogen (secondary N) is 1. The summed E-state index contributed by atoms with van der Waals surface area (Å²) in [6.45, 7) is 4.81. The van der Waals surface area contributed by atoms with Crippen LogP contribution >= 0.6 is 11.3 Å². The highest BCUT2D eigenvalue weighted by Gasteiger charge is 2.45. The minimum Gasteiger partial charge on any atom is -0.497 e. The Kier molecular flexibility index (Phi) is 6.88. The fourth-order valence-corrected chi connectivity index (χ4v) is 6.39. The molecule has 7 heteroatoms. The summed E-state index contributed by atoms with van der Waals surface area (Å²) in [5.41, 5.74) is 2.08. The highest BCUT2D eigenvalue weighted by atomic mass is 32.1. The topological polar surface area (TPSA) is 61.9 Å². The van der Waals surface area contributed by atoms with Crippen LogP contribution in [0.15, 0.2) is 66.0 Å². The zero-order chi connectivity index (χ0) is 24.4. The van der Waals surface area contributed by atoms with Crippen molar-refractivity contribution in [2.75, 3.05) is 32.1 Å². The van der Waals surface area contributed by atoms with Gasteiger partial charge in [-0.3, -0.25) is 14.5 Å². The molecule has 1 fully saturated rings. The van der Waals surface area contributed by atoms with Gasteiger partial charge in [0.2, 0.25) is 5.91 Å². The Hall–Kier alpha value is -3.16. The Bertz CT molecular complexity index is 1200. The van der Waals surface area contributed by atoms with Crippen LogP contribution in [0, 0.1) is 0 Å². The second-order valence-electron chi connectivity index (χ2n) is 9.13. The number of fused-ring (bicyclic) bond motifs is 1. The van der Waals surface area contributed by atoms with E-state index in [9.17, 15) is 9.59 Å². The molecule has 0 radical (unpaired) electrons. The molecule has 6 nitrogen and oxygen atoms in total. The smallest absolute Gasteiger partial charge is 0.254 e. The summed E-state index contributed by atoms with van der Waals surface area (Å²) in [4.78, 5) is 33.3. The van der Waals surface area contributed by atoms with Crippen LogP contribution in [0.5, 0.6) is 5.75 Å². The predicted octanol–water partition coefficient (Wildman–Crippen LogP) is 5.16. The van der Waals surface area contributed by atoms with Crippen LogP contribution in [0.3, 0.4) is 0 Å². The van der Waals surface area contributed by atoms with Gasteiger partial charge in [-0.2, -0.15) is 0 Å². The Morgan fingerprint density at radius 3 is 2.77 bits per heavy atom. The first-order valence-corrected chi connectivity index (χ1v) is 13.1. The molecule has 0 spiro atoms. The molecule has 0 saturated carbocycles. The third-order valence-electron chi connectivity index (χ3n) is 7.21. The number of likely N-dealkylation sites (tertiary alicyclic amines) is 1. The van der Waals surface area contributed by atoms with Crippen molar-refractivity contribution in [3.8, 4) is 5.75 Å². The number of benzene rings is 2. The van der Waals surface area contributed by atoms with E-state index in [0.717, 1.165) is 36.4 Å². The maximum absolute atomic E-state index is 13.9. The van der Waals surface area contributed by atoms with E-state index in [-0.39, 0.29) is 17.9 Å². The van der Waals surface area contributed by atoms with Gasteiger partial charge >= 0.3 is 0 Å². The zero-order valence-electron chi connectivity index (χ0n) is 20.1. The number of ether oxygens (including phenoxy) is 1. The van der Waals surface area contributed by atoms with Gasteiger partial charge in [-0.15, -0.1) is 11.3 Å². The summed E-state index contributed by atoms with van der Waals surface area (Å²) in [5, 5.41) is 5.12. The van der Waals surface area contributed by atoms with Crippen molar-refractivity contribution in [2.45, 2.75) is 37.8 Å². The standard InChI is InChI=1S/C28H31N3O3S/c1-3-30-15-7-10-20(30)18-31-26(24-14-8-16-35-24)25(22-12-4-5-13-23(22)28(31)33)27(32)29-19-9-6-11-21(17-19)34-2/h4-6,8-9,11-14,16-17,20,25-26H,3,7,10,15,18H2,1-2H3,(H,29,32)/t20-,25?,26?/m0/s1. The van der Waals surface area contributed by atoms with Crippen LogP contribution in [-0.4, -0.2) is 54.4 Å². The molecule has 2 aromatic carbocycles. The Balaban J connectivity index is 1.56. The first kappa shape index (κ1) is 23.6. The van der Waals surface area contributed by atoms with Gasteiger partial charge in [0.25, 0.3) is 5.91 Å². The fraction of sp³-hybridized carbons (Fsp3) is 0.357. The molecule has 0 bridgehead atoms. The number of amides is 2. The molecule has 1 aromatic heterocycles. The van der Waals surface area contributed by atoms with Gasteiger partial charge in [0.05, 0.1) is 19.1 Å². The minimum atomic E-state index is -0.523. The van der Waals surface area contributed by atoms with Crippen molar-refractivity contribution in [3.63, 3.8) is 0 Å². The van der Waals surface area contributed by atoms with Crippen LogP contribution in [0.1, 0.15) is 52.5 Å². The van der Waals surface area contributed by atoms with Gasteiger partial charge in [0.15, 0.2) is 0 Å². The summed E-state index contributed by atoms with van der Waals surface area (Å²) >= 11 is 1.60.